The highest BCUT2D eigenvalue weighted by Crippen LogP contribution is 2.46. The van der Waals surface area contributed by atoms with Crippen LogP contribution < -0.4 is 15.9 Å². The molecule has 0 fully saturated rings. The Labute approximate surface area is 339 Å². The van der Waals surface area contributed by atoms with E-state index < -0.39 is 7.14 Å². The fraction of sp³-hybridized carbons (Fsp3) is 0. The van der Waals surface area contributed by atoms with Gasteiger partial charge in [-0.1, -0.05) is 231 Å². The van der Waals surface area contributed by atoms with Crippen molar-refractivity contribution in [3.63, 3.8) is 0 Å². The molecule has 0 aromatic heterocycles. The molecule has 10 aromatic carbocycles. The summed E-state index contributed by atoms with van der Waals surface area (Å²) in [6.07, 6.45) is 0. The summed E-state index contributed by atoms with van der Waals surface area (Å²) in [6, 6.07) is 83.0. The number of hydrogen-bond donors (Lipinski definition) is 0. The van der Waals surface area contributed by atoms with Crippen molar-refractivity contribution in [1.29, 1.82) is 0 Å². The summed E-state index contributed by atoms with van der Waals surface area (Å²) in [5, 5.41) is 7.31. The Kier molecular flexibility index (Phi) is 9.22. The van der Waals surface area contributed by atoms with E-state index in [0.29, 0.717) is 0 Å². The van der Waals surface area contributed by atoms with Gasteiger partial charge in [-0.3, -0.25) is 0 Å². The van der Waals surface area contributed by atoms with Gasteiger partial charge < -0.3 is 4.57 Å². The van der Waals surface area contributed by atoms with Crippen LogP contribution in [-0.4, -0.2) is 0 Å². The second kappa shape index (κ2) is 15.1. The Balaban J connectivity index is 1.15. The van der Waals surface area contributed by atoms with E-state index in [1.807, 2.05) is 60.7 Å². The fourth-order valence-corrected chi connectivity index (χ4v) is 11.1. The van der Waals surface area contributed by atoms with E-state index in [-0.39, 0.29) is 0 Å². The summed E-state index contributed by atoms with van der Waals surface area (Å²) >= 11 is 0. The van der Waals surface area contributed by atoms with Crippen molar-refractivity contribution in [3.05, 3.63) is 237 Å². The van der Waals surface area contributed by atoms with Gasteiger partial charge in [0.1, 0.15) is 0 Å². The number of fused-ring (bicyclic) bond motifs is 2. The van der Waals surface area contributed by atoms with E-state index in [9.17, 15) is 0 Å². The van der Waals surface area contributed by atoms with Crippen LogP contribution in [0.4, 0.5) is 0 Å². The van der Waals surface area contributed by atoms with E-state index in [4.69, 9.17) is 0 Å². The molecule has 0 amide bonds. The molecule has 0 atom stereocenters. The Bertz CT molecular complexity index is 3020. The SMILES string of the molecule is O=P(c1ccccc1)(c1ccccc1)c1ccc(-c2ccc3c(-c4ccc(-c5ccccc5)cc4)c4ccccc4c(-c4ccc(-c5ccccc5)cc4)c3c2)cc1. The number of benzene rings is 10. The van der Waals surface area contributed by atoms with Crippen LogP contribution in [0.25, 0.3) is 77.2 Å². The quantitative estimate of drug-likeness (QED) is 0.111. The molecule has 2 heteroatoms. The van der Waals surface area contributed by atoms with Crippen LogP contribution in [0.2, 0.25) is 0 Å². The summed E-state index contributed by atoms with van der Waals surface area (Å²) < 4.78 is 15.2. The monoisotopic (exact) mass is 758 g/mol. The lowest BCUT2D eigenvalue weighted by atomic mass is 9.84. The average Bonchev–Trinajstić information content (AvgIpc) is 3.31. The predicted molar refractivity (Wildman–Crippen MR) is 248 cm³/mol. The first-order chi connectivity index (χ1) is 28.6. The van der Waals surface area contributed by atoms with Crippen LogP contribution in [0.3, 0.4) is 0 Å². The molecule has 0 saturated carbocycles. The molecule has 0 heterocycles. The lowest BCUT2D eigenvalue weighted by Gasteiger charge is -2.21. The third kappa shape index (κ3) is 6.37. The maximum Gasteiger partial charge on any atom is 0.171 e. The molecule has 10 rings (SSSR count). The average molecular weight is 759 g/mol. The van der Waals surface area contributed by atoms with Gasteiger partial charge in [0.05, 0.1) is 0 Å². The van der Waals surface area contributed by atoms with Crippen molar-refractivity contribution in [2.24, 2.45) is 0 Å². The molecule has 0 aliphatic rings. The van der Waals surface area contributed by atoms with Gasteiger partial charge in [0.2, 0.25) is 0 Å². The molecule has 10 aromatic rings. The zero-order chi connectivity index (χ0) is 38.9. The zero-order valence-electron chi connectivity index (χ0n) is 31.9. The van der Waals surface area contributed by atoms with Crippen LogP contribution in [-0.2, 0) is 4.57 Å². The predicted octanol–water partition coefficient (Wildman–Crippen LogP) is 14.0. The third-order valence-electron chi connectivity index (χ3n) is 11.4. The summed E-state index contributed by atoms with van der Waals surface area (Å²) in [5.41, 5.74) is 11.8. The van der Waals surface area contributed by atoms with Crippen molar-refractivity contribution in [2.45, 2.75) is 0 Å². The standard InChI is InChI=1S/C56H39OP/c57-58(48-19-9-3-10-20-48,49-21-11-4-12-22-49)50-36-33-44(34-37-50)47-35-38-53-54(39-47)56(46-31-27-43(28-32-46)41-17-7-2-8-18-41)52-24-14-13-23-51(52)55(53)45-29-25-42(26-30-45)40-15-5-1-6-16-40/h1-39H. The smallest absolute Gasteiger partial charge is 0.171 e. The van der Waals surface area contributed by atoms with E-state index >= 15 is 4.57 Å². The van der Waals surface area contributed by atoms with Gasteiger partial charge in [-0.05, 0) is 83.2 Å². The van der Waals surface area contributed by atoms with E-state index in [1.165, 1.54) is 66.1 Å². The van der Waals surface area contributed by atoms with Gasteiger partial charge in [0.15, 0.2) is 7.14 Å². The molecule has 0 saturated heterocycles. The largest absolute Gasteiger partial charge is 0.309 e. The first kappa shape index (κ1) is 35.4. The van der Waals surface area contributed by atoms with Crippen LogP contribution in [0.15, 0.2) is 237 Å². The molecule has 0 bridgehead atoms. The van der Waals surface area contributed by atoms with Crippen LogP contribution in [0.5, 0.6) is 0 Å². The normalized spacial score (nSPS) is 11.5. The highest BCUT2D eigenvalue weighted by Gasteiger charge is 2.29. The molecule has 0 N–H and O–H groups in total. The van der Waals surface area contributed by atoms with Gasteiger partial charge in [-0.25, -0.2) is 0 Å². The van der Waals surface area contributed by atoms with Gasteiger partial charge in [-0.15, -0.1) is 0 Å². The molecule has 0 unspecified atom stereocenters. The van der Waals surface area contributed by atoms with Gasteiger partial charge in [0.25, 0.3) is 0 Å². The van der Waals surface area contributed by atoms with Gasteiger partial charge >= 0.3 is 0 Å². The Morgan fingerprint density at radius 2 is 0.517 bits per heavy atom. The van der Waals surface area contributed by atoms with Crippen molar-refractivity contribution in [3.8, 4) is 55.6 Å². The van der Waals surface area contributed by atoms with Crippen LogP contribution >= 0.6 is 7.14 Å². The second-order valence-corrected chi connectivity index (χ2v) is 17.5. The fourth-order valence-electron chi connectivity index (χ4n) is 8.49. The van der Waals surface area contributed by atoms with Crippen molar-refractivity contribution in [2.75, 3.05) is 0 Å². The lowest BCUT2D eigenvalue weighted by Crippen LogP contribution is -2.24. The number of rotatable bonds is 8. The van der Waals surface area contributed by atoms with E-state index in [2.05, 4.69) is 176 Å². The topological polar surface area (TPSA) is 17.1 Å². The first-order valence-electron chi connectivity index (χ1n) is 19.8. The molecular formula is C56H39OP. The van der Waals surface area contributed by atoms with E-state index in [0.717, 1.165) is 27.0 Å². The van der Waals surface area contributed by atoms with Gasteiger partial charge in [0, 0.05) is 15.9 Å². The Morgan fingerprint density at radius 1 is 0.224 bits per heavy atom. The van der Waals surface area contributed by atoms with Crippen LogP contribution in [0, 0.1) is 0 Å². The highest BCUT2D eigenvalue weighted by atomic mass is 31.2. The lowest BCUT2D eigenvalue weighted by molar-refractivity contribution is 0.592. The molecule has 0 radical (unpaired) electrons. The minimum Gasteiger partial charge on any atom is -0.309 e. The highest BCUT2D eigenvalue weighted by molar-refractivity contribution is 7.85. The first-order valence-corrected chi connectivity index (χ1v) is 21.5. The van der Waals surface area contributed by atoms with Crippen molar-refractivity contribution in [1.82, 2.24) is 0 Å². The zero-order valence-corrected chi connectivity index (χ0v) is 32.8. The minimum absolute atomic E-state index is 0.820. The summed E-state index contributed by atoms with van der Waals surface area (Å²) in [5.74, 6) is 0. The van der Waals surface area contributed by atoms with Crippen molar-refractivity contribution >= 4 is 44.6 Å². The Hall–Kier alpha value is -7.05. The van der Waals surface area contributed by atoms with Gasteiger partial charge in [-0.2, -0.15) is 0 Å². The second-order valence-electron chi connectivity index (χ2n) is 14.8. The molecule has 0 aliphatic heterocycles. The maximum atomic E-state index is 15.2. The summed E-state index contributed by atoms with van der Waals surface area (Å²) in [7, 11) is -3.09. The van der Waals surface area contributed by atoms with Crippen LogP contribution in [0.1, 0.15) is 0 Å². The minimum atomic E-state index is -3.09. The van der Waals surface area contributed by atoms with E-state index in [1.54, 1.807) is 0 Å². The molecular weight excluding hydrogens is 720 g/mol. The molecule has 0 spiro atoms. The molecule has 1 nitrogen and oxygen atoms in total. The molecule has 0 aliphatic carbocycles. The summed E-state index contributed by atoms with van der Waals surface area (Å²) in [4.78, 5) is 0. The number of hydrogen-bond acceptors (Lipinski definition) is 1. The van der Waals surface area contributed by atoms with Crippen molar-refractivity contribution < 1.29 is 4.57 Å². The maximum absolute atomic E-state index is 15.2. The third-order valence-corrected chi connectivity index (χ3v) is 14.5. The Morgan fingerprint density at radius 3 is 0.983 bits per heavy atom. The molecule has 58 heavy (non-hydrogen) atoms. The molecule has 274 valence electrons. The summed E-state index contributed by atoms with van der Waals surface area (Å²) in [6.45, 7) is 0.